The van der Waals surface area contributed by atoms with Crippen molar-refractivity contribution in [3.8, 4) is 0 Å². The number of carbonyl (C=O) groups excluding carboxylic acids is 3. The first-order valence-electron chi connectivity index (χ1n) is 17.8. The molecular formula is C40H49ClN4O4. The molecule has 5 atom stereocenters. The fourth-order valence-electron chi connectivity index (χ4n) is 10.5. The van der Waals surface area contributed by atoms with Gasteiger partial charge in [-0.25, -0.2) is 0 Å². The Morgan fingerprint density at radius 1 is 0.918 bits per heavy atom. The highest BCUT2D eigenvalue weighted by molar-refractivity contribution is 6.31. The molecule has 1 heterocycles. The summed E-state index contributed by atoms with van der Waals surface area (Å²) in [6, 6.07) is 19.7. The van der Waals surface area contributed by atoms with E-state index in [1.165, 1.54) is 19.3 Å². The van der Waals surface area contributed by atoms with Gasteiger partial charge in [0.25, 0.3) is 0 Å². The molecule has 0 aromatic heterocycles. The summed E-state index contributed by atoms with van der Waals surface area (Å²) in [5, 5.41) is 16.7. The van der Waals surface area contributed by atoms with Crippen molar-refractivity contribution in [3.05, 3.63) is 82.9 Å². The summed E-state index contributed by atoms with van der Waals surface area (Å²) in [6.45, 7) is 1.40. The third kappa shape index (κ3) is 6.72. The molecule has 260 valence electrons. The number of benzene rings is 3. The number of likely N-dealkylation sites (N-methyl/N-ethyl adjacent to an activating group) is 1. The van der Waals surface area contributed by atoms with E-state index in [1.54, 1.807) is 22.9 Å². The van der Waals surface area contributed by atoms with Crippen molar-refractivity contribution in [3.63, 3.8) is 0 Å². The van der Waals surface area contributed by atoms with Crippen LogP contribution >= 0.6 is 11.6 Å². The summed E-state index contributed by atoms with van der Waals surface area (Å²) in [7, 11) is 5.96. The quantitative estimate of drug-likeness (QED) is 0.303. The number of hydrogen-bond acceptors (Lipinski definition) is 5. The lowest BCUT2D eigenvalue weighted by Crippen LogP contribution is -2.62. The molecule has 49 heavy (non-hydrogen) atoms. The number of amides is 3. The number of aliphatic hydroxyl groups is 1. The van der Waals surface area contributed by atoms with E-state index in [-0.39, 0.29) is 49.1 Å². The van der Waals surface area contributed by atoms with Crippen molar-refractivity contribution in [2.24, 2.45) is 22.7 Å². The first kappa shape index (κ1) is 34.0. The van der Waals surface area contributed by atoms with Gasteiger partial charge in [0.1, 0.15) is 12.1 Å². The van der Waals surface area contributed by atoms with Gasteiger partial charge in [0.05, 0.1) is 11.5 Å². The standard InChI is InChI=1S/C40H49ClN4O4/c1-43(2)25-39-18-26-15-27(19-39)21-40(20-26,24-39)38(49)45-23-31(46)17-35(45)36(47)42-34(16-29-12-8-11-28-9-4-6-13-32(28)29)37(48)44(3)22-30-10-5-7-14-33(30)41/h4-14,26-27,31,34-35,46H,15-25H2,1-3H3,(H,42,47)/t26?,27?,31-,34?,35?,39?,40?/m1/s1. The molecule has 9 heteroatoms. The highest BCUT2D eigenvalue weighted by Gasteiger charge is 2.62. The van der Waals surface area contributed by atoms with E-state index < -0.39 is 23.6 Å². The Labute approximate surface area is 294 Å². The fraction of sp³-hybridized carbons (Fsp3) is 0.525. The van der Waals surface area contributed by atoms with E-state index in [2.05, 4.69) is 24.3 Å². The zero-order valence-electron chi connectivity index (χ0n) is 28.9. The summed E-state index contributed by atoms with van der Waals surface area (Å²) in [5.74, 6) is 0.448. The third-order valence-corrected chi connectivity index (χ3v) is 12.2. The Hall–Kier alpha value is -3.46. The highest BCUT2D eigenvalue weighted by Crippen LogP contribution is 2.66. The number of halogens is 1. The number of fused-ring (bicyclic) bond motifs is 1. The van der Waals surface area contributed by atoms with Crippen LogP contribution in [0.15, 0.2) is 66.7 Å². The molecule has 5 fully saturated rings. The van der Waals surface area contributed by atoms with E-state index in [0.29, 0.717) is 16.9 Å². The van der Waals surface area contributed by atoms with Crippen LogP contribution in [0.3, 0.4) is 0 Å². The van der Waals surface area contributed by atoms with Gasteiger partial charge in [-0.1, -0.05) is 72.3 Å². The Morgan fingerprint density at radius 3 is 2.33 bits per heavy atom. The van der Waals surface area contributed by atoms with E-state index >= 15 is 0 Å². The predicted octanol–water partition coefficient (Wildman–Crippen LogP) is 5.29. The number of carbonyl (C=O) groups is 3. The number of aliphatic hydroxyl groups excluding tert-OH is 1. The molecule has 4 saturated carbocycles. The lowest BCUT2D eigenvalue weighted by atomic mass is 9.43. The summed E-state index contributed by atoms with van der Waals surface area (Å²) < 4.78 is 0. The number of β-amino-alcohol motifs (C(OH)–C–C–N with tert-alkyl or cyclic N) is 1. The summed E-state index contributed by atoms with van der Waals surface area (Å²) in [4.78, 5) is 48.8. The Morgan fingerprint density at radius 2 is 1.59 bits per heavy atom. The second-order valence-corrected chi connectivity index (χ2v) is 16.4. The van der Waals surface area contributed by atoms with Gasteiger partial charge in [0.2, 0.25) is 17.7 Å². The van der Waals surface area contributed by atoms with E-state index in [9.17, 15) is 19.5 Å². The maximum absolute atomic E-state index is 14.7. The molecule has 4 bridgehead atoms. The number of hydrogen-bond donors (Lipinski definition) is 2. The number of likely N-dealkylation sites (tertiary alicyclic amines) is 1. The average Bonchev–Trinajstić information content (AvgIpc) is 3.45. The van der Waals surface area contributed by atoms with Gasteiger partial charge < -0.3 is 25.1 Å². The average molecular weight is 685 g/mol. The van der Waals surface area contributed by atoms with Crippen LogP contribution in [0.4, 0.5) is 0 Å². The predicted molar refractivity (Wildman–Crippen MR) is 192 cm³/mol. The van der Waals surface area contributed by atoms with E-state index in [0.717, 1.165) is 47.7 Å². The first-order chi connectivity index (χ1) is 23.4. The largest absolute Gasteiger partial charge is 0.391 e. The Kier molecular flexibility index (Phi) is 9.26. The molecule has 8 rings (SSSR count). The van der Waals surface area contributed by atoms with Crippen molar-refractivity contribution in [1.29, 1.82) is 0 Å². The maximum atomic E-state index is 14.7. The maximum Gasteiger partial charge on any atom is 0.245 e. The summed E-state index contributed by atoms with van der Waals surface area (Å²) >= 11 is 6.45. The zero-order valence-corrected chi connectivity index (χ0v) is 29.7. The molecule has 0 radical (unpaired) electrons. The van der Waals surface area contributed by atoms with E-state index in [1.807, 2.05) is 60.7 Å². The highest BCUT2D eigenvalue weighted by atomic mass is 35.5. The lowest BCUT2D eigenvalue weighted by Gasteiger charge is -2.62. The second-order valence-electron chi connectivity index (χ2n) is 16.0. The lowest BCUT2D eigenvalue weighted by molar-refractivity contribution is -0.171. The molecule has 1 aliphatic heterocycles. The molecule has 4 unspecified atom stereocenters. The molecule has 5 aliphatic rings. The molecule has 3 aromatic carbocycles. The normalized spacial score (nSPS) is 29.4. The third-order valence-electron chi connectivity index (χ3n) is 11.8. The molecule has 3 aromatic rings. The van der Waals surface area contributed by atoms with Crippen LogP contribution in [-0.4, -0.2) is 89.9 Å². The minimum atomic E-state index is -0.886. The zero-order chi connectivity index (χ0) is 34.5. The minimum absolute atomic E-state index is 0.0224. The van der Waals surface area contributed by atoms with Crippen LogP contribution in [-0.2, 0) is 27.3 Å². The summed E-state index contributed by atoms with van der Waals surface area (Å²) in [5.41, 5.74) is 1.40. The Balaban J connectivity index is 1.15. The molecule has 0 spiro atoms. The van der Waals surface area contributed by atoms with E-state index in [4.69, 9.17) is 11.6 Å². The van der Waals surface area contributed by atoms with Crippen LogP contribution in [0.1, 0.15) is 56.1 Å². The van der Waals surface area contributed by atoms with Gasteiger partial charge >= 0.3 is 0 Å². The molecular weight excluding hydrogens is 636 g/mol. The van der Waals surface area contributed by atoms with Crippen molar-refractivity contribution >= 4 is 40.1 Å². The number of nitrogens with one attached hydrogen (secondary N) is 1. The molecule has 8 nitrogen and oxygen atoms in total. The smallest absolute Gasteiger partial charge is 0.245 e. The van der Waals surface area contributed by atoms with Crippen molar-refractivity contribution in [1.82, 2.24) is 20.0 Å². The Bertz CT molecular complexity index is 1720. The topological polar surface area (TPSA) is 93.2 Å². The van der Waals surface area contributed by atoms with Crippen LogP contribution in [0.5, 0.6) is 0 Å². The van der Waals surface area contributed by atoms with Gasteiger partial charge in [-0.15, -0.1) is 0 Å². The van der Waals surface area contributed by atoms with Gasteiger partial charge in [0, 0.05) is 44.5 Å². The van der Waals surface area contributed by atoms with Crippen molar-refractivity contribution in [2.75, 3.05) is 34.2 Å². The van der Waals surface area contributed by atoms with Crippen molar-refractivity contribution in [2.45, 2.75) is 76.1 Å². The minimum Gasteiger partial charge on any atom is -0.391 e. The van der Waals surface area contributed by atoms with Gasteiger partial charge in [-0.3, -0.25) is 14.4 Å². The molecule has 3 amide bonds. The summed E-state index contributed by atoms with van der Waals surface area (Å²) in [6.07, 6.45) is 5.76. The number of nitrogens with zero attached hydrogens (tertiary/aromatic N) is 3. The fourth-order valence-corrected chi connectivity index (χ4v) is 10.7. The monoisotopic (exact) mass is 684 g/mol. The first-order valence-corrected chi connectivity index (χ1v) is 18.2. The molecule has 4 aliphatic carbocycles. The van der Waals surface area contributed by atoms with Gasteiger partial charge in [0.15, 0.2) is 0 Å². The van der Waals surface area contributed by atoms with Crippen LogP contribution in [0, 0.1) is 22.7 Å². The second kappa shape index (κ2) is 13.3. The van der Waals surface area contributed by atoms with Crippen LogP contribution in [0.25, 0.3) is 10.8 Å². The number of rotatable bonds is 10. The van der Waals surface area contributed by atoms with Gasteiger partial charge in [-0.05, 0) is 97.8 Å². The van der Waals surface area contributed by atoms with Crippen molar-refractivity contribution < 1.29 is 19.5 Å². The molecule has 1 saturated heterocycles. The molecule has 2 N–H and O–H groups in total. The van der Waals surface area contributed by atoms with Gasteiger partial charge in [-0.2, -0.15) is 0 Å². The SMILES string of the molecule is CN(C)CC12CC3CC(C1)CC(C(=O)N1C[C@H](O)CC1C(=O)NC(Cc1cccc4ccccc14)C(=O)N(C)Cc1ccccc1Cl)(C3)C2. The van der Waals surface area contributed by atoms with Crippen LogP contribution in [0.2, 0.25) is 5.02 Å². The van der Waals surface area contributed by atoms with Crippen LogP contribution < -0.4 is 5.32 Å².